The summed E-state index contributed by atoms with van der Waals surface area (Å²) in [4.78, 5) is 9.62. The van der Waals surface area contributed by atoms with E-state index in [0.717, 1.165) is 0 Å². The van der Waals surface area contributed by atoms with Gasteiger partial charge in [0, 0.05) is 0 Å². The molecule has 0 aromatic carbocycles. The van der Waals surface area contributed by atoms with E-state index in [9.17, 15) is 0 Å². The van der Waals surface area contributed by atoms with E-state index in [4.69, 9.17) is 4.84 Å². The summed E-state index contributed by atoms with van der Waals surface area (Å²) in [5, 5.41) is 0. The maximum Gasteiger partial charge on any atom is 0.197 e. The van der Waals surface area contributed by atoms with Crippen LogP contribution < -0.4 is 0 Å². The monoisotopic (exact) mass is 234 g/mol. The van der Waals surface area contributed by atoms with Crippen LogP contribution in [0.15, 0.2) is 17.6 Å². The van der Waals surface area contributed by atoms with Gasteiger partial charge in [0.05, 0.1) is 6.61 Å². The highest BCUT2D eigenvalue weighted by molar-refractivity contribution is 7.58. The first-order valence-corrected chi connectivity index (χ1v) is 6.37. The Labute approximate surface area is 93.5 Å². The molecular weight excluding hydrogens is 211 g/mol. The van der Waals surface area contributed by atoms with Crippen LogP contribution in [0.2, 0.25) is 0 Å². The molecule has 0 N–H and O–H groups in total. The molecule has 0 fully saturated rings. The molecule has 0 aliphatic rings. The predicted octanol–water partition coefficient (Wildman–Crippen LogP) is 1.73. The van der Waals surface area contributed by atoms with Gasteiger partial charge in [-0.2, -0.15) is 0 Å². The maximum absolute atomic E-state index is 5.26. The third-order valence-electron chi connectivity index (χ3n) is 1.97. The van der Waals surface area contributed by atoms with Crippen LogP contribution in [0.1, 0.15) is 0 Å². The number of hydrogen-bond acceptors (Lipinski definition) is 2. The van der Waals surface area contributed by atoms with Gasteiger partial charge in [0.15, 0.2) is 7.51 Å². The van der Waals surface area contributed by atoms with Crippen LogP contribution in [-0.2, 0) is 4.84 Å². The summed E-state index contributed by atoms with van der Waals surface area (Å²) in [6.45, 7) is 4.04. The number of hydrogen-bond donors (Lipinski definition) is 0. The van der Waals surface area contributed by atoms with Crippen molar-refractivity contribution in [2.24, 2.45) is 4.91 Å². The fraction of sp³-hybridized carbons (Fsp3) is 0.778. The second-order valence-electron chi connectivity index (χ2n) is 3.74. The lowest BCUT2D eigenvalue weighted by atomic mass is 10.7. The van der Waals surface area contributed by atoms with Crippen LogP contribution in [0.3, 0.4) is 0 Å². The van der Waals surface area contributed by atoms with E-state index in [1.165, 1.54) is 0 Å². The Bertz CT molecular complexity index is 222. The van der Waals surface area contributed by atoms with Crippen molar-refractivity contribution in [1.29, 1.82) is 0 Å². The zero-order chi connectivity index (χ0) is 12.1. The molecule has 0 saturated carbocycles. The molecule has 90 valence electrons. The molecule has 0 aliphatic carbocycles. The summed E-state index contributed by atoms with van der Waals surface area (Å²) < 4.78 is 6.28. The zero-order valence-corrected chi connectivity index (χ0v) is 11.5. The third-order valence-corrected chi connectivity index (χ3v) is 5.52. The average molecular weight is 234 g/mol. The Balaban J connectivity index is 5.12. The van der Waals surface area contributed by atoms with Gasteiger partial charge in [0.25, 0.3) is 0 Å². The Kier molecular flexibility index (Phi) is 6.32. The summed E-state index contributed by atoms with van der Waals surface area (Å²) in [6.07, 6.45) is 1.69. The van der Waals surface area contributed by atoms with Crippen molar-refractivity contribution in [2.75, 3.05) is 48.9 Å². The molecular formula is C9H23N4OP. The minimum Gasteiger partial charge on any atom is -0.250 e. The summed E-state index contributed by atoms with van der Waals surface area (Å²) in [7, 11) is 10.2. The fourth-order valence-corrected chi connectivity index (χ4v) is 4.26. The molecule has 6 heteroatoms. The van der Waals surface area contributed by atoms with Gasteiger partial charge in [-0.25, -0.2) is 4.84 Å². The van der Waals surface area contributed by atoms with E-state index < -0.39 is 7.51 Å². The first-order chi connectivity index (χ1) is 6.89. The second-order valence-corrected chi connectivity index (χ2v) is 7.38. The molecule has 0 atom stereocenters. The number of nitrogens with zero attached hydrogens (tertiary/aromatic N) is 4. The van der Waals surface area contributed by atoms with Crippen LogP contribution >= 0.6 is 7.51 Å². The highest BCUT2D eigenvalue weighted by Gasteiger charge is 2.28. The SMILES string of the molecule is C=CCON=P(N(C)C)(N(C)C)N(C)C. The summed E-state index contributed by atoms with van der Waals surface area (Å²) in [6, 6.07) is 0. The van der Waals surface area contributed by atoms with Gasteiger partial charge in [-0.1, -0.05) is 6.08 Å². The molecule has 15 heavy (non-hydrogen) atoms. The molecule has 0 aromatic rings. The summed E-state index contributed by atoms with van der Waals surface area (Å²) in [5.74, 6) is 0. The molecule has 0 aromatic heterocycles. The number of rotatable bonds is 6. The predicted molar refractivity (Wildman–Crippen MR) is 66.6 cm³/mol. The van der Waals surface area contributed by atoms with Gasteiger partial charge in [-0.3, -0.25) is 14.0 Å². The van der Waals surface area contributed by atoms with E-state index >= 15 is 0 Å². The molecule has 0 spiro atoms. The highest BCUT2D eigenvalue weighted by atomic mass is 31.2. The van der Waals surface area contributed by atoms with Crippen molar-refractivity contribution in [1.82, 2.24) is 14.0 Å². The molecule has 0 amide bonds. The molecule has 5 nitrogen and oxygen atoms in total. The molecule has 0 radical (unpaired) electrons. The molecule has 0 saturated heterocycles. The zero-order valence-electron chi connectivity index (χ0n) is 10.6. The van der Waals surface area contributed by atoms with Crippen LogP contribution in [0.25, 0.3) is 0 Å². The van der Waals surface area contributed by atoms with E-state index in [-0.39, 0.29) is 0 Å². The smallest absolute Gasteiger partial charge is 0.197 e. The van der Waals surface area contributed by atoms with Crippen molar-refractivity contribution in [3.63, 3.8) is 0 Å². The van der Waals surface area contributed by atoms with Gasteiger partial charge in [0.1, 0.15) is 0 Å². The topological polar surface area (TPSA) is 31.3 Å². The van der Waals surface area contributed by atoms with E-state index in [1.54, 1.807) is 6.08 Å². The normalized spacial score (nSPS) is 12.6. The van der Waals surface area contributed by atoms with Gasteiger partial charge in [-0.05, 0) is 42.3 Å². The third kappa shape index (κ3) is 3.40. The molecule has 0 unspecified atom stereocenters. The van der Waals surface area contributed by atoms with E-state index in [1.807, 2.05) is 42.3 Å². The Morgan fingerprint density at radius 2 is 1.47 bits per heavy atom. The Hall–Kier alpha value is -0.190. The summed E-state index contributed by atoms with van der Waals surface area (Å²) >= 11 is 0. The maximum atomic E-state index is 5.26. The van der Waals surface area contributed by atoms with Crippen molar-refractivity contribution in [3.05, 3.63) is 12.7 Å². The summed E-state index contributed by atoms with van der Waals surface area (Å²) in [5.41, 5.74) is 0. The van der Waals surface area contributed by atoms with Crippen molar-refractivity contribution >= 4 is 7.51 Å². The lowest BCUT2D eigenvalue weighted by Crippen LogP contribution is -2.30. The second kappa shape index (κ2) is 6.40. The van der Waals surface area contributed by atoms with Crippen molar-refractivity contribution in [2.45, 2.75) is 0 Å². The Morgan fingerprint density at radius 1 is 1.07 bits per heavy atom. The van der Waals surface area contributed by atoms with Crippen LogP contribution in [-0.4, -0.2) is 62.9 Å². The van der Waals surface area contributed by atoms with Crippen LogP contribution in [0.4, 0.5) is 0 Å². The molecule has 0 heterocycles. The van der Waals surface area contributed by atoms with Crippen LogP contribution in [0, 0.1) is 0 Å². The van der Waals surface area contributed by atoms with Gasteiger partial charge >= 0.3 is 0 Å². The van der Waals surface area contributed by atoms with Crippen molar-refractivity contribution < 1.29 is 4.84 Å². The lowest BCUT2D eigenvalue weighted by molar-refractivity contribution is 0.171. The standard InChI is InChI=1S/C9H23N4OP/c1-8-9-14-10-15(11(2)3,12(4)5)13(6)7/h8H,1,9H2,2-7H3. The first-order valence-electron chi connectivity index (χ1n) is 4.77. The average Bonchev–Trinajstić information content (AvgIpc) is 2.10. The Morgan fingerprint density at radius 3 is 1.73 bits per heavy atom. The minimum atomic E-state index is -1.89. The largest absolute Gasteiger partial charge is 0.250 e. The van der Waals surface area contributed by atoms with Crippen molar-refractivity contribution in [3.8, 4) is 0 Å². The van der Waals surface area contributed by atoms with E-state index in [0.29, 0.717) is 6.61 Å². The first kappa shape index (κ1) is 14.8. The quantitative estimate of drug-likeness (QED) is 0.303. The molecule has 0 bridgehead atoms. The molecule has 0 aliphatic heterocycles. The van der Waals surface area contributed by atoms with Gasteiger partial charge < -0.3 is 0 Å². The fourth-order valence-electron chi connectivity index (χ4n) is 1.46. The highest BCUT2D eigenvalue weighted by Crippen LogP contribution is 2.54. The molecule has 0 rings (SSSR count). The van der Waals surface area contributed by atoms with Gasteiger partial charge in [-0.15, -0.1) is 11.5 Å². The van der Waals surface area contributed by atoms with E-state index in [2.05, 4.69) is 25.5 Å². The van der Waals surface area contributed by atoms with Gasteiger partial charge in [0.2, 0.25) is 0 Å². The van der Waals surface area contributed by atoms with Crippen LogP contribution in [0.5, 0.6) is 0 Å². The minimum absolute atomic E-state index is 0.442. The lowest BCUT2D eigenvalue weighted by Gasteiger charge is -2.39.